The molecule has 0 spiro atoms. The molecule has 0 bridgehead atoms. The summed E-state index contributed by atoms with van der Waals surface area (Å²) in [6.45, 7) is 3.25. The van der Waals surface area contributed by atoms with E-state index < -0.39 is 0 Å². The molecule has 16 heavy (non-hydrogen) atoms. The molecule has 0 saturated heterocycles. The Labute approximate surface area is 102 Å². The molecule has 0 radical (unpaired) electrons. The van der Waals surface area contributed by atoms with E-state index in [-0.39, 0.29) is 0 Å². The van der Waals surface area contributed by atoms with Gasteiger partial charge in [0.2, 0.25) is 0 Å². The van der Waals surface area contributed by atoms with E-state index in [0.29, 0.717) is 6.04 Å². The molecule has 0 aliphatic carbocycles. The van der Waals surface area contributed by atoms with Gasteiger partial charge in [0, 0.05) is 12.1 Å². The smallest absolute Gasteiger partial charge is 0.130 e. The number of hydrogen-bond acceptors (Lipinski definition) is 5. The number of aromatic nitrogens is 2. The lowest BCUT2D eigenvalue weighted by Gasteiger charge is -2.17. The molecule has 5 heteroatoms. The number of hydrogen-bond donors (Lipinski definition) is 1. The van der Waals surface area contributed by atoms with Crippen molar-refractivity contribution in [3.8, 4) is 0 Å². The fraction of sp³-hybridized carbons (Fsp3) is 0.636. The summed E-state index contributed by atoms with van der Waals surface area (Å²) in [5.41, 5.74) is 0. The van der Waals surface area contributed by atoms with E-state index in [0.717, 1.165) is 23.8 Å². The van der Waals surface area contributed by atoms with Crippen molar-refractivity contribution in [2.24, 2.45) is 0 Å². The molecule has 1 atom stereocenters. The topological polar surface area (TPSA) is 41.0 Å². The Bertz CT molecular complexity index is 317. The van der Waals surface area contributed by atoms with Gasteiger partial charge in [-0.05, 0) is 40.2 Å². The average Bonchev–Trinajstić information content (AvgIpc) is 2.26. The molecule has 0 fully saturated rings. The van der Waals surface area contributed by atoms with Crippen molar-refractivity contribution in [2.75, 3.05) is 32.2 Å². The molecule has 1 heterocycles. The van der Waals surface area contributed by atoms with Crippen molar-refractivity contribution in [3.05, 3.63) is 12.4 Å². The van der Waals surface area contributed by atoms with Crippen LogP contribution < -0.4 is 5.32 Å². The molecule has 1 aromatic rings. The van der Waals surface area contributed by atoms with Crippen LogP contribution in [0.5, 0.6) is 0 Å². The van der Waals surface area contributed by atoms with Gasteiger partial charge in [-0.15, -0.1) is 11.8 Å². The molecule has 0 amide bonds. The summed E-state index contributed by atoms with van der Waals surface area (Å²) in [5, 5.41) is 4.38. The van der Waals surface area contributed by atoms with Crippen LogP contribution in [0, 0.1) is 0 Å². The van der Waals surface area contributed by atoms with E-state index in [2.05, 4.69) is 41.2 Å². The number of nitrogens with zero attached hydrogens (tertiary/aromatic N) is 3. The largest absolute Gasteiger partial charge is 0.367 e. The van der Waals surface area contributed by atoms with E-state index in [1.54, 1.807) is 18.1 Å². The number of anilines is 1. The molecule has 1 rings (SSSR count). The van der Waals surface area contributed by atoms with E-state index >= 15 is 0 Å². The zero-order chi connectivity index (χ0) is 12.0. The van der Waals surface area contributed by atoms with Crippen molar-refractivity contribution >= 4 is 17.6 Å². The van der Waals surface area contributed by atoms with Gasteiger partial charge < -0.3 is 10.2 Å². The molecular weight excluding hydrogens is 220 g/mol. The third kappa shape index (κ3) is 4.81. The first-order valence-corrected chi connectivity index (χ1v) is 6.61. The first kappa shape index (κ1) is 13.3. The van der Waals surface area contributed by atoms with Gasteiger partial charge in [0.05, 0.1) is 0 Å². The summed E-state index contributed by atoms with van der Waals surface area (Å²) in [6, 6.07) is 2.41. The van der Waals surface area contributed by atoms with E-state index in [9.17, 15) is 0 Å². The molecule has 4 nitrogen and oxygen atoms in total. The van der Waals surface area contributed by atoms with E-state index in [1.165, 1.54) is 0 Å². The lowest BCUT2D eigenvalue weighted by molar-refractivity contribution is 0.390. The Morgan fingerprint density at radius 1 is 1.44 bits per heavy atom. The molecule has 0 aromatic carbocycles. The SMILES string of the molecule is CSc1cc(NC(C)CCN(C)C)ncn1. The molecule has 0 aliphatic heterocycles. The second kappa shape index (κ2) is 6.70. The van der Waals surface area contributed by atoms with Gasteiger partial charge in [0.25, 0.3) is 0 Å². The Balaban J connectivity index is 2.45. The second-order valence-corrected chi connectivity index (χ2v) is 4.91. The summed E-state index contributed by atoms with van der Waals surface area (Å²) in [7, 11) is 4.17. The lowest BCUT2D eigenvalue weighted by Crippen LogP contribution is -2.23. The van der Waals surface area contributed by atoms with Crippen molar-refractivity contribution in [1.29, 1.82) is 0 Å². The summed E-state index contributed by atoms with van der Waals surface area (Å²) in [6.07, 6.45) is 4.72. The number of thioether (sulfide) groups is 1. The van der Waals surface area contributed by atoms with Crippen LogP contribution in [0.2, 0.25) is 0 Å². The quantitative estimate of drug-likeness (QED) is 0.608. The first-order chi connectivity index (χ1) is 7.61. The predicted molar refractivity (Wildman–Crippen MR) is 70.1 cm³/mol. The highest BCUT2D eigenvalue weighted by molar-refractivity contribution is 7.98. The Morgan fingerprint density at radius 2 is 2.19 bits per heavy atom. The van der Waals surface area contributed by atoms with Crippen molar-refractivity contribution < 1.29 is 0 Å². The monoisotopic (exact) mass is 240 g/mol. The van der Waals surface area contributed by atoms with Gasteiger partial charge in [0.1, 0.15) is 17.2 Å². The van der Waals surface area contributed by atoms with Gasteiger partial charge in [-0.2, -0.15) is 0 Å². The summed E-state index contributed by atoms with van der Waals surface area (Å²) in [5.74, 6) is 0.908. The zero-order valence-corrected chi connectivity index (χ0v) is 11.2. The van der Waals surface area contributed by atoms with Crippen molar-refractivity contribution in [3.63, 3.8) is 0 Å². The molecule has 0 saturated carbocycles. The van der Waals surface area contributed by atoms with Crippen molar-refractivity contribution in [2.45, 2.75) is 24.4 Å². The molecule has 1 aromatic heterocycles. The van der Waals surface area contributed by atoms with Crippen LogP contribution in [0.15, 0.2) is 17.4 Å². The van der Waals surface area contributed by atoms with E-state index in [1.807, 2.05) is 12.3 Å². The maximum absolute atomic E-state index is 4.21. The minimum atomic E-state index is 0.423. The molecule has 0 aliphatic rings. The molecular formula is C11H20N4S. The van der Waals surface area contributed by atoms with Gasteiger partial charge in [0.15, 0.2) is 0 Å². The molecule has 1 unspecified atom stereocenters. The maximum atomic E-state index is 4.21. The highest BCUT2D eigenvalue weighted by atomic mass is 32.2. The Kier molecular flexibility index (Phi) is 5.55. The minimum Gasteiger partial charge on any atom is -0.367 e. The summed E-state index contributed by atoms with van der Waals surface area (Å²) < 4.78 is 0. The van der Waals surface area contributed by atoms with E-state index in [4.69, 9.17) is 0 Å². The third-order valence-corrected chi connectivity index (χ3v) is 2.90. The van der Waals surface area contributed by atoms with Crippen LogP contribution in [0.1, 0.15) is 13.3 Å². The minimum absolute atomic E-state index is 0.423. The summed E-state index contributed by atoms with van der Waals surface area (Å²) >= 11 is 1.63. The summed E-state index contributed by atoms with van der Waals surface area (Å²) in [4.78, 5) is 10.5. The predicted octanol–water partition coefficient (Wildman–Crippen LogP) is 1.95. The van der Waals surface area contributed by atoms with Crippen LogP contribution in [0.4, 0.5) is 5.82 Å². The lowest BCUT2D eigenvalue weighted by atomic mass is 10.2. The van der Waals surface area contributed by atoms with Crippen LogP contribution in [0.25, 0.3) is 0 Å². The highest BCUT2D eigenvalue weighted by Gasteiger charge is 2.04. The molecule has 90 valence electrons. The Hall–Kier alpha value is -0.810. The zero-order valence-electron chi connectivity index (χ0n) is 10.4. The number of rotatable bonds is 6. The van der Waals surface area contributed by atoms with Gasteiger partial charge >= 0.3 is 0 Å². The van der Waals surface area contributed by atoms with Crippen molar-refractivity contribution in [1.82, 2.24) is 14.9 Å². The standard InChI is InChI=1S/C11H20N4S/c1-9(5-6-15(2)3)14-10-7-11(16-4)13-8-12-10/h7-9H,5-6H2,1-4H3,(H,12,13,14). The van der Waals surface area contributed by atoms with Crippen LogP contribution in [0.3, 0.4) is 0 Å². The van der Waals surface area contributed by atoms with Gasteiger partial charge in [-0.1, -0.05) is 0 Å². The Morgan fingerprint density at radius 3 is 2.81 bits per heavy atom. The third-order valence-electron chi connectivity index (χ3n) is 2.25. The van der Waals surface area contributed by atoms with Gasteiger partial charge in [-0.3, -0.25) is 0 Å². The normalized spacial score (nSPS) is 12.8. The highest BCUT2D eigenvalue weighted by Crippen LogP contribution is 2.14. The average molecular weight is 240 g/mol. The fourth-order valence-corrected chi connectivity index (χ4v) is 1.69. The van der Waals surface area contributed by atoms with Crippen LogP contribution in [-0.4, -0.2) is 47.8 Å². The first-order valence-electron chi connectivity index (χ1n) is 5.39. The maximum Gasteiger partial charge on any atom is 0.130 e. The van der Waals surface area contributed by atoms with Crippen LogP contribution in [-0.2, 0) is 0 Å². The van der Waals surface area contributed by atoms with Gasteiger partial charge in [-0.25, -0.2) is 9.97 Å². The molecule has 1 N–H and O–H groups in total. The fourth-order valence-electron chi connectivity index (χ4n) is 1.31. The second-order valence-electron chi connectivity index (χ2n) is 4.08. The van der Waals surface area contributed by atoms with Crippen LogP contribution >= 0.6 is 11.8 Å². The number of nitrogens with one attached hydrogen (secondary N) is 1.